The zero-order valence-electron chi connectivity index (χ0n) is 37.0. The molecule has 7 nitrogen and oxygen atoms in total. The molecular weight excluding hydrogens is 723 g/mol. The minimum Gasteiger partial charge on any atom is -0.461 e. The number of esters is 1. The van der Waals surface area contributed by atoms with Crippen molar-refractivity contribution >= 4 is 17.7 Å². The Hall–Kier alpha value is -3.29. The van der Waals surface area contributed by atoms with Gasteiger partial charge in [0.05, 0.1) is 38.3 Å². The summed E-state index contributed by atoms with van der Waals surface area (Å²) in [7, 11) is 0. The number of ketones is 1. The van der Waals surface area contributed by atoms with E-state index in [1.807, 2.05) is 60.7 Å². The summed E-state index contributed by atoms with van der Waals surface area (Å²) >= 11 is 0. The predicted molar refractivity (Wildman–Crippen MR) is 228 cm³/mol. The van der Waals surface area contributed by atoms with Crippen LogP contribution in [0.4, 0.5) is 0 Å². The molecule has 0 N–H and O–H groups in total. The van der Waals surface area contributed by atoms with E-state index >= 15 is 0 Å². The van der Waals surface area contributed by atoms with Crippen LogP contribution in [0.3, 0.4) is 0 Å². The van der Waals surface area contributed by atoms with Crippen molar-refractivity contribution in [2.24, 2.45) is 62.6 Å². The Labute approximate surface area is 349 Å². The number of benzene rings is 2. The van der Waals surface area contributed by atoms with Gasteiger partial charge < -0.3 is 19.1 Å². The summed E-state index contributed by atoms with van der Waals surface area (Å²) in [5.41, 5.74) is 2.91. The van der Waals surface area contributed by atoms with Crippen LogP contribution in [0.15, 0.2) is 72.3 Å². The number of hydrogen-bond donors (Lipinski definition) is 0. The number of carbonyl (C=O) groups is 3. The molecule has 7 rings (SSSR count). The van der Waals surface area contributed by atoms with Gasteiger partial charge in [0, 0.05) is 23.9 Å². The SMILES string of the molecule is CC(=O)CC(=O)N(CCO[C@H]1[C@H](C)CC23COC[C@@]1(C)[C@@H]2CC[C@H]1C3=CC[C@@]2(C)[C@H](C(=O)OCc3ccccc3)[C@@](C)([C@H](C)C(C)C)CC[C@]12C)Cc1ccccc1. The molecule has 0 spiro atoms. The van der Waals surface area contributed by atoms with Gasteiger partial charge in [0.15, 0.2) is 0 Å². The summed E-state index contributed by atoms with van der Waals surface area (Å²) < 4.78 is 20.0. The van der Waals surface area contributed by atoms with Crippen molar-refractivity contribution in [3.63, 3.8) is 0 Å². The third kappa shape index (κ3) is 7.22. The molecule has 0 aromatic heterocycles. The van der Waals surface area contributed by atoms with E-state index in [0.717, 1.165) is 56.3 Å². The first-order valence-corrected chi connectivity index (χ1v) is 22.4. The number of carbonyl (C=O) groups excluding carboxylic acids is 3. The standard InChI is InChI=1S/C51H71NO6/c1-34(2)37(5)47(6)24-25-49(8)40-20-21-42-48(7)32-56-33-51(42,41(40)22-23-50(49,9)44(47)46(55)58-31-39-18-14-11-15-19-39)29-35(3)45(48)57-27-26-52(43(54)28-36(4)53)30-38-16-12-10-13-17-38/h10-19,22,34-35,37,40,42,44-45H,20-21,23-33H2,1-9H3/t35-,37-,40+,42+,44-,45+,47-,48+,49-,50+,51?/m1/s1. The maximum absolute atomic E-state index is 14.8. The summed E-state index contributed by atoms with van der Waals surface area (Å²) in [5.74, 6) is 1.39. The van der Waals surface area contributed by atoms with Crippen LogP contribution in [0.2, 0.25) is 0 Å². The molecule has 7 heteroatoms. The Kier molecular flexibility index (Phi) is 12.0. The molecule has 1 aliphatic heterocycles. The van der Waals surface area contributed by atoms with Gasteiger partial charge in [0.2, 0.25) is 5.91 Å². The lowest BCUT2D eigenvalue weighted by molar-refractivity contribution is -0.251. The molecule has 1 amide bonds. The molecule has 2 aromatic rings. The second kappa shape index (κ2) is 16.3. The van der Waals surface area contributed by atoms with Gasteiger partial charge in [-0.1, -0.05) is 128 Å². The molecule has 2 aromatic carbocycles. The number of nitrogens with zero attached hydrogens (tertiary/aromatic N) is 1. The van der Waals surface area contributed by atoms with Crippen molar-refractivity contribution in [2.75, 3.05) is 26.4 Å². The summed E-state index contributed by atoms with van der Waals surface area (Å²) in [4.78, 5) is 41.8. The van der Waals surface area contributed by atoms with Crippen molar-refractivity contribution in [3.8, 4) is 0 Å². The van der Waals surface area contributed by atoms with Gasteiger partial charge in [-0.15, -0.1) is 0 Å². The normalized spacial score (nSPS) is 37.1. The van der Waals surface area contributed by atoms with Crippen LogP contribution in [-0.2, 0) is 41.7 Å². The zero-order valence-corrected chi connectivity index (χ0v) is 37.0. The number of rotatable bonds is 13. The predicted octanol–water partition coefficient (Wildman–Crippen LogP) is 10.3. The fourth-order valence-corrected chi connectivity index (χ4v) is 13.9. The van der Waals surface area contributed by atoms with E-state index in [1.54, 1.807) is 10.5 Å². The average molecular weight is 794 g/mol. The minimum absolute atomic E-state index is 0.00863. The lowest BCUT2D eigenvalue weighted by atomic mass is 9.34. The van der Waals surface area contributed by atoms with E-state index in [1.165, 1.54) is 6.92 Å². The first-order chi connectivity index (χ1) is 27.5. The highest BCUT2D eigenvalue weighted by atomic mass is 16.5. The van der Waals surface area contributed by atoms with Crippen molar-refractivity contribution < 1.29 is 28.6 Å². The van der Waals surface area contributed by atoms with Crippen molar-refractivity contribution in [1.29, 1.82) is 0 Å². The molecule has 1 unspecified atom stereocenters. The number of ether oxygens (including phenoxy) is 3. The Balaban J connectivity index is 1.15. The third-order valence-corrected chi connectivity index (χ3v) is 17.2. The Bertz CT molecular complexity index is 1840. The minimum atomic E-state index is -0.259. The fraction of sp³-hybridized carbons (Fsp3) is 0.667. The maximum atomic E-state index is 14.8. The number of allylic oxidation sites excluding steroid dienone is 1. The van der Waals surface area contributed by atoms with Gasteiger partial charge in [-0.3, -0.25) is 14.4 Å². The Morgan fingerprint density at radius 1 is 0.879 bits per heavy atom. The second-order valence-corrected chi connectivity index (χ2v) is 20.8. The van der Waals surface area contributed by atoms with Crippen LogP contribution in [0.5, 0.6) is 0 Å². The van der Waals surface area contributed by atoms with Crippen LogP contribution in [0, 0.1) is 62.6 Å². The molecule has 4 aliphatic carbocycles. The summed E-state index contributed by atoms with van der Waals surface area (Å²) in [6, 6.07) is 20.1. The van der Waals surface area contributed by atoms with Gasteiger partial charge in [0.1, 0.15) is 12.4 Å². The molecule has 4 fully saturated rings. The highest BCUT2D eigenvalue weighted by molar-refractivity contribution is 5.96. The number of Topliss-reactive ketones (excluding diaryl/α,β-unsaturated/α-hetero) is 1. The van der Waals surface area contributed by atoms with E-state index in [-0.39, 0.29) is 63.2 Å². The van der Waals surface area contributed by atoms with Gasteiger partial charge in [-0.05, 0) is 102 Å². The van der Waals surface area contributed by atoms with E-state index < -0.39 is 0 Å². The van der Waals surface area contributed by atoms with E-state index in [0.29, 0.717) is 62.5 Å². The van der Waals surface area contributed by atoms with E-state index in [2.05, 4.69) is 61.5 Å². The number of amides is 1. The largest absolute Gasteiger partial charge is 0.461 e. The quantitative estimate of drug-likeness (QED) is 0.114. The number of fused-ring (bicyclic) bond motifs is 3. The van der Waals surface area contributed by atoms with Crippen LogP contribution in [0.1, 0.15) is 118 Å². The van der Waals surface area contributed by atoms with Crippen LogP contribution >= 0.6 is 0 Å². The smallest absolute Gasteiger partial charge is 0.310 e. The summed E-state index contributed by atoms with van der Waals surface area (Å²) in [6.45, 7) is 23.6. The lowest BCUT2D eigenvalue weighted by Crippen LogP contribution is -2.69. The summed E-state index contributed by atoms with van der Waals surface area (Å²) in [5, 5.41) is 0. The highest BCUT2D eigenvalue weighted by Gasteiger charge is 2.71. The van der Waals surface area contributed by atoms with Crippen molar-refractivity contribution in [2.45, 2.75) is 127 Å². The van der Waals surface area contributed by atoms with Gasteiger partial charge in [-0.2, -0.15) is 0 Å². The van der Waals surface area contributed by atoms with Crippen LogP contribution < -0.4 is 0 Å². The monoisotopic (exact) mass is 794 g/mol. The lowest BCUT2D eigenvalue weighted by Gasteiger charge is -2.71. The third-order valence-electron chi connectivity index (χ3n) is 17.2. The molecule has 11 atom stereocenters. The molecule has 1 heterocycles. The van der Waals surface area contributed by atoms with Crippen molar-refractivity contribution in [1.82, 2.24) is 4.90 Å². The first-order valence-electron chi connectivity index (χ1n) is 22.4. The molecule has 0 radical (unpaired) electrons. The molecule has 3 saturated carbocycles. The van der Waals surface area contributed by atoms with Gasteiger partial charge in [-0.25, -0.2) is 0 Å². The second-order valence-electron chi connectivity index (χ2n) is 20.8. The fourth-order valence-electron chi connectivity index (χ4n) is 13.9. The molecule has 316 valence electrons. The van der Waals surface area contributed by atoms with Crippen molar-refractivity contribution in [3.05, 3.63) is 83.4 Å². The average Bonchev–Trinajstić information content (AvgIpc) is 3.18. The molecular formula is C51H71NO6. The topological polar surface area (TPSA) is 82.1 Å². The van der Waals surface area contributed by atoms with E-state index in [9.17, 15) is 14.4 Å². The summed E-state index contributed by atoms with van der Waals surface area (Å²) in [6.07, 6.45) is 8.71. The molecule has 2 bridgehead atoms. The van der Waals surface area contributed by atoms with Gasteiger partial charge in [0.25, 0.3) is 0 Å². The number of hydrogen-bond acceptors (Lipinski definition) is 6. The Morgan fingerprint density at radius 3 is 2.21 bits per heavy atom. The van der Waals surface area contributed by atoms with Crippen LogP contribution in [-0.4, -0.2) is 55.0 Å². The maximum Gasteiger partial charge on any atom is 0.310 e. The zero-order chi connectivity index (χ0) is 41.7. The molecule has 5 aliphatic rings. The first kappa shape index (κ1) is 42.8. The van der Waals surface area contributed by atoms with Crippen LogP contribution in [0.25, 0.3) is 0 Å². The highest BCUT2D eigenvalue weighted by Crippen LogP contribution is 2.75. The van der Waals surface area contributed by atoms with E-state index in [4.69, 9.17) is 14.2 Å². The molecule has 58 heavy (non-hydrogen) atoms. The molecule has 1 saturated heterocycles. The van der Waals surface area contributed by atoms with Gasteiger partial charge >= 0.3 is 5.97 Å². The Morgan fingerprint density at radius 2 is 1.55 bits per heavy atom.